The van der Waals surface area contributed by atoms with Crippen LogP contribution >= 0.6 is 0 Å². The van der Waals surface area contributed by atoms with Crippen LogP contribution in [-0.4, -0.2) is 33.4 Å². The van der Waals surface area contributed by atoms with Crippen molar-refractivity contribution in [3.63, 3.8) is 0 Å². The molecule has 2 N–H and O–H groups in total. The van der Waals surface area contributed by atoms with Gasteiger partial charge in [0.2, 0.25) is 5.91 Å². The van der Waals surface area contributed by atoms with E-state index in [0.29, 0.717) is 35.1 Å². The first-order valence-electron chi connectivity index (χ1n) is 8.83. The van der Waals surface area contributed by atoms with Crippen LogP contribution in [-0.2, 0) is 4.79 Å². The molecule has 0 spiro atoms. The lowest BCUT2D eigenvalue weighted by molar-refractivity contribution is -0.114. The van der Waals surface area contributed by atoms with Gasteiger partial charge in [-0.25, -0.2) is 4.68 Å². The summed E-state index contributed by atoms with van der Waals surface area (Å²) in [5.74, 6) is 0.139. The van der Waals surface area contributed by atoms with E-state index >= 15 is 0 Å². The molecule has 3 aromatic rings. The van der Waals surface area contributed by atoms with E-state index < -0.39 is 0 Å². The van der Waals surface area contributed by atoms with E-state index in [1.807, 2.05) is 31.2 Å². The second-order valence-corrected chi connectivity index (χ2v) is 6.05. The highest BCUT2D eigenvalue weighted by Gasteiger charge is 2.19. The minimum atomic E-state index is -0.370. The van der Waals surface area contributed by atoms with Gasteiger partial charge in [-0.3, -0.25) is 9.59 Å². The van der Waals surface area contributed by atoms with Gasteiger partial charge >= 0.3 is 0 Å². The Morgan fingerprint density at radius 1 is 1.04 bits per heavy atom. The van der Waals surface area contributed by atoms with Gasteiger partial charge in [0.25, 0.3) is 5.91 Å². The predicted molar refractivity (Wildman–Crippen MR) is 106 cm³/mol. The number of para-hydroxylation sites is 2. The number of anilines is 2. The molecular formula is C20H21N5O3. The van der Waals surface area contributed by atoms with Crippen molar-refractivity contribution >= 4 is 23.2 Å². The Labute approximate surface area is 162 Å². The summed E-state index contributed by atoms with van der Waals surface area (Å²) in [5.41, 5.74) is 2.77. The number of ether oxygens (including phenoxy) is 1. The molecule has 2 amide bonds. The fourth-order valence-electron chi connectivity index (χ4n) is 2.71. The van der Waals surface area contributed by atoms with Gasteiger partial charge in [-0.2, -0.15) is 0 Å². The van der Waals surface area contributed by atoms with Crippen molar-refractivity contribution in [1.82, 2.24) is 15.0 Å². The van der Waals surface area contributed by atoms with Gasteiger partial charge in [-0.05, 0) is 50.2 Å². The molecule has 1 heterocycles. The zero-order valence-corrected chi connectivity index (χ0v) is 15.9. The maximum absolute atomic E-state index is 12.6. The molecule has 8 heteroatoms. The summed E-state index contributed by atoms with van der Waals surface area (Å²) in [4.78, 5) is 23.7. The standard InChI is InChI=1S/C20H21N5O3/c1-4-28-18-8-6-5-7-17(18)25-13(2)19(23-24-25)20(27)22-16-11-9-15(10-12-16)21-14(3)26/h5-12H,4H2,1-3H3,(H,21,26)(H,22,27). The third kappa shape index (κ3) is 4.17. The molecule has 0 unspecified atom stereocenters. The van der Waals surface area contributed by atoms with Gasteiger partial charge in [-0.15, -0.1) is 5.10 Å². The zero-order chi connectivity index (χ0) is 20.1. The van der Waals surface area contributed by atoms with Crippen molar-refractivity contribution in [3.05, 3.63) is 59.9 Å². The lowest BCUT2D eigenvalue weighted by atomic mass is 10.2. The third-order valence-corrected chi connectivity index (χ3v) is 3.97. The monoisotopic (exact) mass is 379 g/mol. The van der Waals surface area contributed by atoms with Crippen molar-refractivity contribution in [2.24, 2.45) is 0 Å². The van der Waals surface area contributed by atoms with Crippen LogP contribution in [0.25, 0.3) is 5.69 Å². The minimum absolute atomic E-state index is 0.156. The first-order valence-corrected chi connectivity index (χ1v) is 8.83. The number of carbonyl (C=O) groups is 2. The van der Waals surface area contributed by atoms with Crippen LogP contribution in [0, 0.1) is 6.92 Å². The van der Waals surface area contributed by atoms with Crippen LogP contribution in [0.3, 0.4) is 0 Å². The Kier molecular flexibility index (Phi) is 5.69. The summed E-state index contributed by atoms with van der Waals surface area (Å²) in [7, 11) is 0. The van der Waals surface area contributed by atoms with Crippen molar-refractivity contribution in [3.8, 4) is 11.4 Å². The van der Waals surface area contributed by atoms with Gasteiger partial charge in [0.15, 0.2) is 5.69 Å². The lowest BCUT2D eigenvalue weighted by Crippen LogP contribution is -2.14. The molecule has 0 aliphatic carbocycles. The van der Waals surface area contributed by atoms with E-state index in [9.17, 15) is 9.59 Å². The SMILES string of the molecule is CCOc1ccccc1-n1nnc(C(=O)Nc2ccc(NC(C)=O)cc2)c1C. The normalized spacial score (nSPS) is 10.4. The number of carbonyl (C=O) groups excluding carboxylic acids is 2. The topological polar surface area (TPSA) is 98.1 Å². The Morgan fingerprint density at radius 2 is 1.68 bits per heavy atom. The Balaban J connectivity index is 1.80. The van der Waals surface area contributed by atoms with Gasteiger partial charge in [0.1, 0.15) is 11.4 Å². The number of nitrogens with one attached hydrogen (secondary N) is 2. The molecule has 0 aliphatic rings. The quantitative estimate of drug-likeness (QED) is 0.685. The smallest absolute Gasteiger partial charge is 0.278 e. The fraction of sp³-hybridized carbons (Fsp3) is 0.200. The lowest BCUT2D eigenvalue weighted by Gasteiger charge is -2.10. The average molecular weight is 379 g/mol. The van der Waals surface area contributed by atoms with E-state index in [4.69, 9.17) is 4.74 Å². The van der Waals surface area contributed by atoms with E-state index in [2.05, 4.69) is 20.9 Å². The molecule has 0 saturated heterocycles. The van der Waals surface area contributed by atoms with Crippen molar-refractivity contribution in [2.45, 2.75) is 20.8 Å². The fourth-order valence-corrected chi connectivity index (χ4v) is 2.71. The van der Waals surface area contributed by atoms with Gasteiger partial charge < -0.3 is 15.4 Å². The molecule has 28 heavy (non-hydrogen) atoms. The molecule has 0 atom stereocenters. The maximum atomic E-state index is 12.6. The number of benzene rings is 2. The second-order valence-electron chi connectivity index (χ2n) is 6.05. The number of amides is 2. The minimum Gasteiger partial charge on any atom is -0.492 e. The molecule has 1 aromatic heterocycles. The molecular weight excluding hydrogens is 358 g/mol. The van der Waals surface area contributed by atoms with Crippen LogP contribution in [0.5, 0.6) is 5.75 Å². The zero-order valence-electron chi connectivity index (χ0n) is 15.9. The van der Waals surface area contributed by atoms with Gasteiger partial charge in [0.05, 0.1) is 12.3 Å². The number of nitrogens with zero attached hydrogens (tertiary/aromatic N) is 3. The Hall–Kier alpha value is -3.68. The van der Waals surface area contributed by atoms with Crippen LogP contribution in [0.15, 0.2) is 48.5 Å². The van der Waals surface area contributed by atoms with E-state index in [1.54, 1.807) is 35.9 Å². The summed E-state index contributed by atoms with van der Waals surface area (Å²) < 4.78 is 7.21. The largest absolute Gasteiger partial charge is 0.492 e. The first-order chi connectivity index (χ1) is 13.5. The molecule has 0 fully saturated rings. The van der Waals surface area contributed by atoms with E-state index in [-0.39, 0.29) is 17.5 Å². The van der Waals surface area contributed by atoms with E-state index in [0.717, 1.165) is 0 Å². The highest BCUT2D eigenvalue weighted by Crippen LogP contribution is 2.24. The Morgan fingerprint density at radius 3 is 2.32 bits per heavy atom. The molecule has 0 aliphatic heterocycles. The molecule has 3 rings (SSSR count). The molecule has 0 radical (unpaired) electrons. The average Bonchev–Trinajstić information content (AvgIpc) is 3.05. The van der Waals surface area contributed by atoms with Gasteiger partial charge in [-0.1, -0.05) is 17.3 Å². The van der Waals surface area contributed by atoms with Crippen molar-refractivity contribution < 1.29 is 14.3 Å². The molecule has 8 nitrogen and oxygen atoms in total. The first kappa shape index (κ1) is 19.1. The molecule has 2 aromatic carbocycles. The third-order valence-electron chi connectivity index (χ3n) is 3.97. The number of hydrogen-bond donors (Lipinski definition) is 2. The van der Waals surface area contributed by atoms with E-state index in [1.165, 1.54) is 6.92 Å². The number of hydrogen-bond acceptors (Lipinski definition) is 5. The van der Waals surface area contributed by atoms with Crippen LogP contribution in [0.4, 0.5) is 11.4 Å². The summed E-state index contributed by atoms with van der Waals surface area (Å²) >= 11 is 0. The second kappa shape index (κ2) is 8.34. The number of rotatable bonds is 6. The number of aromatic nitrogens is 3. The summed E-state index contributed by atoms with van der Waals surface area (Å²) in [6.07, 6.45) is 0. The highest BCUT2D eigenvalue weighted by molar-refractivity contribution is 6.03. The van der Waals surface area contributed by atoms with Crippen LogP contribution in [0.2, 0.25) is 0 Å². The Bertz CT molecular complexity index is 995. The van der Waals surface area contributed by atoms with Crippen molar-refractivity contribution in [2.75, 3.05) is 17.2 Å². The van der Waals surface area contributed by atoms with Crippen molar-refractivity contribution in [1.29, 1.82) is 0 Å². The predicted octanol–water partition coefficient (Wildman–Crippen LogP) is 3.19. The molecule has 0 bridgehead atoms. The molecule has 0 saturated carbocycles. The molecule has 144 valence electrons. The van der Waals surface area contributed by atoms with Crippen LogP contribution in [0.1, 0.15) is 30.0 Å². The highest BCUT2D eigenvalue weighted by atomic mass is 16.5. The summed E-state index contributed by atoms with van der Waals surface area (Å²) in [6, 6.07) is 14.3. The van der Waals surface area contributed by atoms with Crippen LogP contribution < -0.4 is 15.4 Å². The van der Waals surface area contributed by atoms with Gasteiger partial charge in [0, 0.05) is 18.3 Å². The maximum Gasteiger partial charge on any atom is 0.278 e. The summed E-state index contributed by atoms with van der Waals surface area (Å²) in [6.45, 7) is 5.64. The summed E-state index contributed by atoms with van der Waals surface area (Å²) in [5, 5.41) is 13.6.